The van der Waals surface area contributed by atoms with Gasteiger partial charge >= 0.3 is 6.18 Å². The Bertz CT molecular complexity index is 1400. The molecule has 3 N–H and O–H groups in total. The number of rotatable bonds is 9. The van der Waals surface area contributed by atoms with E-state index in [2.05, 4.69) is 35.5 Å². The van der Waals surface area contributed by atoms with Crippen molar-refractivity contribution in [2.24, 2.45) is 0 Å². The first kappa shape index (κ1) is 30.2. The van der Waals surface area contributed by atoms with Gasteiger partial charge in [0.15, 0.2) is 11.5 Å². The van der Waals surface area contributed by atoms with E-state index in [0.717, 1.165) is 19.9 Å². The minimum atomic E-state index is -4.83. The fourth-order valence-corrected chi connectivity index (χ4v) is 4.55. The van der Waals surface area contributed by atoms with Crippen LogP contribution in [0.2, 0.25) is 0 Å². The molecule has 16 heteroatoms. The lowest BCUT2D eigenvalue weighted by Gasteiger charge is -2.28. The summed E-state index contributed by atoms with van der Waals surface area (Å²) in [6.45, 7) is 1.67. The first-order valence-corrected chi connectivity index (χ1v) is 12.7. The third-order valence-electron chi connectivity index (χ3n) is 6.64. The fourth-order valence-electron chi connectivity index (χ4n) is 4.55. The lowest BCUT2D eigenvalue weighted by atomic mass is 9.92. The lowest BCUT2D eigenvalue weighted by Crippen LogP contribution is -2.40. The number of aromatic nitrogens is 4. The van der Waals surface area contributed by atoms with Gasteiger partial charge in [0.25, 0.3) is 5.91 Å². The van der Waals surface area contributed by atoms with Gasteiger partial charge in [0.1, 0.15) is 22.7 Å². The number of halogens is 7. The Kier molecular flexibility index (Phi) is 8.32. The molecule has 0 spiro atoms. The Labute approximate surface area is 228 Å². The third kappa shape index (κ3) is 7.73. The zero-order valence-corrected chi connectivity index (χ0v) is 22.0. The smallest absolute Gasteiger partial charge is 0.352 e. The monoisotopic (exact) mass is 592 g/mol. The van der Waals surface area contributed by atoms with Crippen molar-refractivity contribution < 1.29 is 45.0 Å². The summed E-state index contributed by atoms with van der Waals surface area (Å²) in [5.74, 6) is -7.82. The van der Waals surface area contributed by atoms with E-state index in [-0.39, 0.29) is 60.3 Å². The number of nitrogens with one attached hydrogen (secondary N) is 3. The second-order valence-corrected chi connectivity index (χ2v) is 10.7. The molecule has 41 heavy (non-hydrogen) atoms. The highest BCUT2D eigenvalue weighted by molar-refractivity contribution is 5.93. The van der Waals surface area contributed by atoms with Crippen LogP contribution in [0, 0.1) is 5.82 Å². The van der Waals surface area contributed by atoms with E-state index < -0.39 is 65.9 Å². The maximum absolute atomic E-state index is 15.5. The minimum absolute atomic E-state index is 0.00788. The van der Waals surface area contributed by atoms with E-state index >= 15 is 4.39 Å². The van der Waals surface area contributed by atoms with Crippen molar-refractivity contribution in [3.05, 3.63) is 40.7 Å². The molecule has 1 aliphatic rings. The number of benzene rings is 1. The van der Waals surface area contributed by atoms with Crippen molar-refractivity contribution in [3.8, 4) is 0 Å². The van der Waals surface area contributed by atoms with E-state index in [0.29, 0.717) is 0 Å². The summed E-state index contributed by atoms with van der Waals surface area (Å²) < 4.78 is 101. The van der Waals surface area contributed by atoms with Crippen molar-refractivity contribution in [1.29, 1.82) is 0 Å². The second-order valence-electron chi connectivity index (χ2n) is 10.7. The minimum Gasteiger partial charge on any atom is -0.352 e. The summed E-state index contributed by atoms with van der Waals surface area (Å²) >= 11 is 0. The molecule has 4 rings (SSSR count). The summed E-state index contributed by atoms with van der Waals surface area (Å²) in [6, 6.07) is 1.76. The number of carbonyl (C=O) groups is 2. The summed E-state index contributed by atoms with van der Waals surface area (Å²) in [5, 5.41) is 11.9. The van der Waals surface area contributed by atoms with Crippen LogP contribution >= 0.6 is 0 Å². The van der Waals surface area contributed by atoms with Gasteiger partial charge in [-0.05, 0) is 37.9 Å². The van der Waals surface area contributed by atoms with Crippen LogP contribution in [0.25, 0.3) is 11.0 Å². The average molecular weight is 593 g/mol. The van der Waals surface area contributed by atoms with Crippen LogP contribution in [-0.2, 0) is 11.2 Å². The molecule has 1 aliphatic carbocycles. The summed E-state index contributed by atoms with van der Waals surface area (Å²) in [7, 11) is 0. The SMILES string of the molecule is CC(C)(F)CNC(=O)[C@@H](CC(F)(F)F)c1ccc2[nH]c(Cc3nonc3C(=O)NC3CCC(F)(F)CC3)nc2c1F. The summed E-state index contributed by atoms with van der Waals surface area (Å²) in [5.41, 5.74) is -3.01. The number of alkyl halides is 6. The van der Waals surface area contributed by atoms with E-state index in [1.54, 1.807) is 0 Å². The number of nitrogens with zero attached hydrogens (tertiary/aromatic N) is 3. The van der Waals surface area contributed by atoms with Gasteiger partial charge in [-0.3, -0.25) is 9.59 Å². The molecule has 224 valence electrons. The third-order valence-corrected chi connectivity index (χ3v) is 6.64. The predicted octanol–water partition coefficient (Wildman–Crippen LogP) is 4.88. The molecule has 0 unspecified atom stereocenters. The van der Waals surface area contributed by atoms with Crippen molar-refractivity contribution in [3.63, 3.8) is 0 Å². The Morgan fingerprint density at radius 1 is 1.15 bits per heavy atom. The number of amides is 2. The molecule has 0 saturated heterocycles. The van der Waals surface area contributed by atoms with Crippen LogP contribution in [-0.4, -0.2) is 62.4 Å². The molecule has 2 amide bonds. The molecule has 3 aromatic rings. The summed E-state index contributed by atoms with van der Waals surface area (Å²) in [4.78, 5) is 32.1. The molecule has 2 heterocycles. The lowest BCUT2D eigenvalue weighted by molar-refractivity contribution is -0.148. The van der Waals surface area contributed by atoms with Gasteiger partial charge in [0, 0.05) is 24.4 Å². The molecule has 1 saturated carbocycles. The van der Waals surface area contributed by atoms with Crippen molar-refractivity contribution in [2.45, 2.75) is 82.1 Å². The van der Waals surface area contributed by atoms with Crippen LogP contribution in [0.15, 0.2) is 16.8 Å². The van der Waals surface area contributed by atoms with Gasteiger partial charge in [-0.15, -0.1) is 0 Å². The molecule has 0 aliphatic heterocycles. The number of aromatic amines is 1. The van der Waals surface area contributed by atoms with Crippen molar-refractivity contribution in [2.75, 3.05) is 6.54 Å². The number of hydrogen-bond donors (Lipinski definition) is 3. The highest BCUT2D eigenvalue weighted by atomic mass is 19.4. The Balaban J connectivity index is 1.54. The van der Waals surface area contributed by atoms with Gasteiger partial charge in [0.2, 0.25) is 11.8 Å². The average Bonchev–Trinajstić information content (AvgIpc) is 3.49. The van der Waals surface area contributed by atoms with Crippen LogP contribution in [0.3, 0.4) is 0 Å². The number of hydrogen-bond acceptors (Lipinski definition) is 6. The van der Waals surface area contributed by atoms with Crippen molar-refractivity contribution in [1.82, 2.24) is 30.9 Å². The van der Waals surface area contributed by atoms with Crippen molar-refractivity contribution >= 4 is 22.8 Å². The maximum atomic E-state index is 15.5. The second kappa shape index (κ2) is 11.3. The van der Waals surface area contributed by atoms with Crippen LogP contribution in [0.4, 0.5) is 30.7 Å². The number of H-pyrrole nitrogens is 1. The van der Waals surface area contributed by atoms with Crippen LogP contribution in [0.5, 0.6) is 0 Å². The first-order valence-electron chi connectivity index (χ1n) is 12.7. The first-order chi connectivity index (χ1) is 19.0. The van der Waals surface area contributed by atoms with Gasteiger partial charge in [-0.25, -0.2) is 27.2 Å². The number of imidazole rings is 1. The van der Waals surface area contributed by atoms with Crippen LogP contribution < -0.4 is 10.6 Å². The summed E-state index contributed by atoms with van der Waals surface area (Å²) in [6.07, 6.45) is -7.33. The topological polar surface area (TPSA) is 126 Å². The molecular weight excluding hydrogens is 565 g/mol. The standard InChI is InChI=1S/C25H27F7N6O3/c1-23(2,27)11-33-21(39)14(10-25(30,31)32)13-3-4-15-19(18(13)26)36-17(35-15)9-16-20(38-41-37-16)22(40)34-12-5-7-24(28,29)8-6-12/h3-4,12,14H,5-11H2,1-2H3,(H,33,39)(H,34,40)(H,35,36)/t14-/m0/s1. The fraction of sp³-hybridized carbons (Fsp3) is 0.560. The Morgan fingerprint density at radius 2 is 1.83 bits per heavy atom. The number of fused-ring (bicyclic) bond motifs is 1. The van der Waals surface area contributed by atoms with Gasteiger partial charge < -0.3 is 15.6 Å². The molecule has 1 atom stereocenters. The molecule has 1 fully saturated rings. The van der Waals surface area contributed by atoms with Crippen LogP contribution in [0.1, 0.15) is 79.4 Å². The normalized spacial score (nSPS) is 17.0. The van der Waals surface area contributed by atoms with E-state index in [4.69, 9.17) is 0 Å². The van der Waals surface area contributed by atoms with Gasteiger partial charge in [-0.2, -0.15) is 13.2 Å². The van der Waals surface area contributed by atoms with E-state index in [1.807, 2.05) is 0 Å². The number of carbonyl (C=O) groups excluding carboxylic acids is 2. The zero-order chi connectivity index (χ0) is 30.2. The predicted molar refractivity (Wildman–Crippen MR) is 129 cm³/mol. The molecule has 0 bridgehead atoms. The highest BCUT2D eigenvalue weighted by Gasteiger charge is 2.39. The van der Waals surface area contributed by atoms with E-state index in [9.17, 15) is 35.9 Å². The largest absolute Gasteiger partial charge is 0.390 e. The molecule has 0 radical (unpaired) electrons. The highest BCUT2D eigenvalue weighted by Crippen LogP contribution is 2.35. The molecule has 2 aromatic heterocycles. The molecule has 1 aromatic carbocycles. The Morgan fingerprint density at radius 3 is 2.46 bits per heavy atom. The van der Waals surface area contributed by atoms with Gasteiger partial charge in [0.05, 0.1) is 30.8 Å². The quantitative estimate of drug-likeness (QED) is 0.304. The Hall–Kier alpha value is -3.72. The van der Waals surface area contributed by atoms with Gasteiger partial charge in [-0.1, -0.05) is 11.2 Å². The maximum Gasteiger partial charge on any atom is 0.390 e. The molecule has 9 nitrogen and oxygen atoms in total. The zero-order valence-electron chi connectivity index (χ0n) is 22.0. The molecular formula is C25H27F7N6O3. The van der Waals surface area contributed by atoms with E-state index in [1.165, 1.54) is 6.07 Å².